The van der Waals surface area contributed by atoms with E-state index >= 15 is 0 Å². The summed E-state index contributed by atoms with van der Waals surface area (Å²) in [6, 6.07) is 8.57. The fraction of sp³-hybridized carbons (Fsp3) is 0.571. The van der Waals surface area contributed by atoms with Crippen molar-refractivity contribution in [2.24, 2.45) is 0 Å². The topological polar surface area (TPSA) is 41.5 Å². The molecule has 0 fully saturated rings. The fourth-order valence-electron chi connectivity index (χ4n) is 2.20. The predicted molar refractivity (Wildman–Crippen MR) is 68.2 cm³/mol. The van der Waals surface area contributed by atoms with Gasteiger partial charge in [0.1, 0.15) is 5.75 Å². The zero-order chi connectivity index (χ0) is 12.1. The lowest BCUT2D eigenvalue weighted by atomic mass is 10.0. The lowest BCUT2D eigenvalue weighted by molar-refractivity contribution is 0.182. The molecule has 1 aromatic carbocycles. The Bertz CT molecular complexity index is 352. The second-order valence-corrected chi connectivity index (χ2v) is 4.67. The van der Waals surface area contributed by atoms with E-state index in [1.54, 1.807) is 0 Å². The third kappa shape index (κ3) is 3.45. The van der Waals surface area contributed by atoms with Gasteiger partial charge in [0, 0.05) is 11.6 Å². The number of nitrogens with one attached hydrogen (secondary N) is 1. The summed E-state index contributed by atoms with van der Waals surface area (Å²) in [6.45, 7) is 3.47. The molecule has 2 rings (SSSR count). The van der Waals surface area contributed by atoms with Crippen molar-refractivity contribution in [3.8, 4) is 5.75 Å². The van der Waals surface area contributed by atoms with Crippen LogP contribution in [0.4, 0.5) is 0 Å². The Morgan fingerprint density at radius 1 is 1.47 bits per heavy atom. The van der Waals surface area contributed by atoms with Crippen LogP contribution < -0.4 is 10.1 Å². The molecule has 0 aliphatic carbocycles. The van der Waals surface area contributed by atoms with E-state index in [1.165, 1.54) is 5.56 Å². The van der Waals surface area contributed by atoms with Crippen molar-refractivity contribution in [1.29, 1.82) is 0 Å². The summed E-state index contributed by atoms with van der Waals surface area (Å²) in [5.41, 5.74) is 1.25. The molecule has 0 saturated heterocycles. The molecule has 1 aliphatic rings. The van der Waals surface area contributed by atoms with Gasteiger partial charge in [0.15, 0.2) is 0 Å². The number of para-hydroxylation sites is 1. The summed E-state index contributed by atoms with van der Waals surface area (Å²) < 4.78 is 5.72. The van der Waals surface area contributed by atoms with Gasteiger partial charge < -0.3 is 15.2 Å². The predicted octanol–water partition coefficient (Wildman–Crippen LogP) is 2.26. The molecule has 3 heteroatoms. The Kier molecular flexibility index (Phi) is 4.40. The largest absolute Gasteiger partial charge is 0.493 e. The lowest BCUT2D eigenvalue weighted by Gasteiger charge is -2.18. The lowest BCUT2D eigenvalue weighted by Crippen LogP contribution is -2.24. The Hall–Kier alpha value is -1.06. The fourth-order valence-corrected chi connectivity index (χ4v) is 2.20. The standard InChI is InChI=1S/C14H21NO2/c1-11(16)8-9-15-13-6-4-10-17-14-7-3-2-5-12(13)14/h2-3,5,7,11,13,15-16H,4,6,8-10H2,1H3. The van der Waals surface area contributed by atoms with Crippen molar-refractivity contribution in [3.63, 3.8) is 0 Å². The molecule has 94 valence electrons. The van der Waals surface area contributed by atoms with Crippen molar-refractivity contribution >= 4 is 0 Å². The van der Waals surface area contributed by atoms with E-state index in [4.69, 9.17) is 4.74 Å². The first-order chi connectivity index (χ1) is 8.27. The molecule has 2 N–H and O–H groups in total. The number of aliphatic hydroxyl groups is 1. The highest BCUT2D eigenvalue weighted by Crippen LogP contribution is 2.30. The van der Waals surface area contributed by atoms with Crippen LogP contribution in [-0.4, -0.2) is 24.4 Å². The quantitative estimate of drug-likeness (QED) is 0.841. The third-order valence-corrected chi connectivity index (χ3v) is 3.14. The molecule has 0 saturated carbocycles. The van der Waals surface area contributed by atoms with Gasteiger partial charge >= 0.3 is 0 Å². The first kappa shape index (κ1) is 12.4. The van der Waals surface area contributed by atoms with E-state index in [-0.39, 0.29) is 6.10 Å². The van der Waals surface area contributed by atoms with Crippen LogP contribution in [0.1, 0.15) is 37.8 Å². The van der Waals surface area contributed by atoms with Crippen LogP contribution in [0.3, 0.4) is 0 Å². The summed E-state index contributed by atoms with van der Waals surface area (Å²) in [5.74, 6) is 1.000. The molecule has 0 bridgehead atoms. The molecular weight excluding hydrogens is 214 g/mol. The molecule has 1 heterocycles. The van der Waals surface area contributed by atoms with Gasteiger partial charge in [0.2, 0.25) is 0 Å². The second kappa shape index (κ2) is 6.03. The molecule has 0 spiro atoms. The monoisotopic (exact) mass is 235 g/mol. The van der Waals surface area contributed by atoms with Crippen molar-refractivity contribution in [3.05, 3.63) is 29.8 Å². The van der Waals surface area contributed by atoms with E-state index < -0.39 is 0 Å². The molecule has 0 radical (unpaired) electrons. The van der Waals surface area contributed by atoms with Gasteiger partial charge in [-0.1, -0.05) is 18.2 Å². The molecule has 17 heavy (non-hydrogen) atoms. The number of fused-ring (bicyclic) bond motifs is 1. The van der Waals surface area contributed by atoms with Crippen LogP contribution in [0.2, 0.25) is 0 Å². The molecule has 1 aliphatic heterocycles. The Labute approximate surface area is 103 Å². The highest BCUT2D eigenvalue weighted by atomic mass is 16.5. The van der Waals surface area contributed by atoms with Gasteiger partial charge in [-0.15, -0.1) is 0 Å². The first-order valence-electron chi connectivity index (χ1n) is 6.40. The Balaban J connectivity index is 2.01. The molecule has 0 aromatic heterocycles. The van der Waals surface area contributed by atoms with E-state index in [0.29, 0.717) is 6.04 Å². The van der Waals surface area contributed by atoms with Crippen LogP contribution in [0, 0.1) is 0 Å². The van der Waals surface area contributed by atoms with E-state index in [0.717, 1.165) is 38.2 Å². The highest BCUT2D eigenvalue weighted by Gasteiger charge is 2.18. The third-order valence-electron chi connectivity index (χ3n) is 3.14. The average Bonchev–Trinajstić information content (AvgIpc) is 2.52. The van der Waals surface area contributed by atoms with Crippen molar-refractivity contribution in [2.75, 3.05) is 13.2 Å². The van der Waals surface area contributed by atoms with Gasteiger partial charge in [0.05, 0.1) is 12.7 Å². The number of ether oxygens (including phenoxy) is 1. The first-order valence-corrected chi connectivity index (χ1v) is 6.40. The highest BCUT2D eigenvalue weighted by molar-refractivity contribution is 5.36. The molecule has 0 amide bonds. The maximum atomic E-state index is 9.27. The van der Waals surface area contributed by atoms with Gasteiger partial charge in [-0.05, 0) is 38.8 Å². The van der Waals surface area contributed by atoms with Gasteiger partial charge in [-0.25, -0.2) is 0 Å². The number of aliphatic hydroxyl groups excluding tert-OH is 1. The van der Waals surface area contributed by atoms with E-state index in [2.05, 4.69) is 17.4 Å². The van der Waals surface area contributed by atoms with Gasteiger partial charge in [-0.3, -0.25) is 0 Å². The van der Waals surface area contributed by atoms with Crippen LogP contribution in [0.15, 0.2) is 24.3 Å². The van der Waals surface area contributed by atoms with Crippen molar-refractivity contribution in [2.45, 2.75) is 38.3 Å². The molecular formula is C14H21NO2. The normalized spacial score (nSPS) is 21.2. The summed E-state index contributed by atoms with van der Waals surface area (Å²) in [4.78, 5) is 0. The van der Waals surface area contributed by atoms with Crippen molar-refractivity contribution in [1.82, 2.24) is 5.32 Å². The number of rotatable bonds is 4. The molecule has 3 nitrogen and oxygen atoms in total. The van der Waals surface area contributed by atoms with Crippen LogP contribution >= 0.6 is 0 Å². The second-order valence-electron chi connectivity index (χ2n) is 4.67. The summed E-state index contributed by atoms with van der Waals surface area (Å²) in [7, 11) is 0. The van der Waals surface area contributed by atoms with E-state index in [1.807, 2.05) is 19.1 Å². The smallest absolute Gasteiger partial charge is 0.124 e. The maximum absolute atomic E-state index is 9.27. The number of hydrogen-bond donors (Lipinski definition) is 2. The zero-order valence-electron chi connectivity index (χ0n) is 10.4. The van der Waals surface area contributed by atoms with Crippen molar-refractivity contribution < 1.29 is 9.84 Å². The van der Waals surface area contributed by atoms with Crippen LogP contribution in [0.5, 0.6) is 5.75 Å². The number of benzene rings is 1. The van der Waals surface area contributed by atoms with Crippen LogP contribution in [-0.2, 0) is 0 Å². The summed E-state index contributed by atoms with van der Waals surface area (Å²) >= 11 is 0. The van der Waals surface area contributed by atoms with Gasteiger partial charge in [0.25, 0.3) is 0 Å². The van der Waals surface area contributed by atoms with Gasteiger partial charge in [-0.2, -0.15) is 0 Å². The molecule has 2 unspecified atom stereocenters. The Morgan fingerprint density at radius 2 is 2.29 bits per heavy atom. The molecule has 1 aromatic rings. The maximum Gasteiger partial charge on any atom is 0.124 e. The summed E-state index contributed by atoms with van der Waals surface area (Å²) in [5, 5.41) is 12.8. The molecule has 2 atom stereocenters. The Morgan fingerprint density at radius 3 is 3.12 bits per heavy atom. The minimum absolute atomic E-state index is 0.236. The number of hydrogen-bond acceptors (Lipinski definition) is 3. The summed E-state index contributed by atoms with van der Waals surface area (Å²) in [6.07, 6.45) is 2.72. The zero-order valence-corrected chi connectivity index (χ0v) is 10.4. The average molecular weight is 235 g/mol. The SMILES string of the molecule is CC(O)CCNC1CCCOc2ccccc21. The van der Waals surface area contributed by atoms with E-state index in [9.17, 15) is 5.11 Å². The van der Waals surface area contributed by atoms with Crippen LogP contribution in [0.25, 0.3) is 0 Å². The minimum atomic E-state index is -0.236. The minimum Gasteiger partial charge on any atom is -0.493 e.